The van der Waals surface area contributed by atoms with Gasteiger partial charge in [0.25, 0.3) is 0 Å². The van der Waals surface area contributed by atoms with Crippen molar-refractivity contribution in [2.24, 2.45) is 0 Å². The molecule has 0 saturated carbocycles. The zero-order chi connectivity index (χ0) is 16.3. The predicted octanol–water partition coefficient (Wildman–Crippen LogP) is 0.786. The summed E-state index contributed by atoms with van der Waals surface area (Å²) < 4.78 is 22.7. The lowest BCUT2D eigenvalue weighted by molar-refractivity contribution is -0.130. The van der Waals surface area contributed by atoms with Gasteiger partial charge in [-0.3, -0.25) is 4.79 Å². The summed E-state index contributed by atoms with van der Waals surface area (Å²) in [6.07, 6.45) is 1.13. The summed E-state index contributed by atoms with van der Waals surface area (Å²) in [5.74, 6) is 0.0106. The Morgan fingerprint density at radius 1 is 1.00 bits per heavy atom. The van der Waals surface area contributed by atoms with Crippen molar-refractivity contribution in [2.75, 3.05) is 37.8 Å². The SMILES string of the molecule is CC(=O)N1CCN(C(=O)Nc2ccc(S(C)(=O)=O)cc2)CC1. The second-order valence-electron chi connectivity index (χ2n) is 5.22. The molecule has 7 nitrogen and oxygen atoms in total. The highest BCUT2D eigenvalue weighted by Crippen LogP contribution is 2.14. The summed E-state index contributed by atoms with van der Waals surface area (Å²) >= 11 is 0. The number of amides is 3. The van der Waals surface area contributed by atoms with Gasteiger partial charge in [0.2, 0.25) is 5.91 Å². The smallest absolute Gasteiger partial charge is 0.321 e. The average molecular weight is 325 g/mol. The van der Waals surface area contributed by atoms with E-state index in [1.165, 1.54) is 19.1 Å². The van der Waals surface area contributed by atoms with Crippen LogP contribution in [0.4, 0.5) is 10.5 Å². The van der Waals surface area contributed by atoms with Crippen molar-refractivity contribution in [3.05, 3.63) is 24.3 Å². The molecular weight excluding hydrogens is 306 g/mol. The molecule has 2 rings (SSSR count). The van der Waals surface area contributed by atoms with Gasteiger partial charge in [-0.15, -0.1) is 0 Å². The molecule has 1 aromatic carbocycles. The van der Waals surface area contributed by atoms with Gasteiger partial charge in [0.05, 0.1) is 4.90 Å². The first-order chi connectivity index (χ1) is 10.3. The lowest BCUT2D eigenvalue weighted by Gasteiger charge is -2.34. The van der Waals surface area contributed by atoms with E-state index in [1.54, 1.807) is 21.9 Å². The first-order valence-electron chi connectivity index (χ1n) is 6.89. The number of nitrogens with zero attached hydrogens (tertiary/aromatic N) is 2. The lowest BCUT2D eigenvalue weighted by Crippen LogP contribution is -2.51. The van der Waals surface area contributed by atoms with Crippen molar-refractivity contribution in [2.45, 2.75) is 11.8 Å². The van der Waals surface area contributed by atoms with Gasteiger partial charge in [-0.25, -0.2) is 13.2 Å². The highest BCUT2D eigenvalue weighted by atomic mass is 32.2. The molecule has 0 aromatic heterocycles. The Balaban J connectivity index is 1.94. The molecule has 0 spiro atoms. The molecule has 0 bridgehead atoms. The number of nitrogens with one attached hydrogen (secondary N) is 1. The number of hydrogen-bond acceptors (Lipinski definition) is 4. The topological polar surface area (TPSA) is 86.8 Å². The number of piperazine rings is 1. The number of rotatable bonds is 2. The van der Waals surface area contributed by atoms with Crippen molar-refractivity contribution in [3.8, 4) is 0 Å². The molecule has 0 atom stereocenters. The maximum absolute atomic E-state index is 12.1. The average Bonchev–Trinajstić information content (AvgIpc) is 2.47. The Hall–Kier alpha value is -2.09. The van der Waals surface area contributed by atoms with Crippen LogP contribution in [0, 0.1) is 0 Å². The number of carbonyl (C=O) groups is 2. The maximum atomic E-state index is 12.1. The maximum Gasteiger partial charge on any atom is 0.321 e. The van der Waals surface area contributed by atoms with E-state index in [-0.39, 0.29) is 16.8 Å². The number of carbonyl (C=O) groups excluding carboxylic acids is 2. The summed E-state index contributed by atoms with van der Waals surface area (Å²) in [7, 11) is -3.24. The van der Waals surface area contributed by atoms with E-state index in [0.717, 1.165) is 6.26 Å². The van der Waals surface area contributed by atoms with Gasteiger partial charge in [-0.2, -0.15) is 0 Å². The fraction of sp³-hybridized carbons (Fsp3) is 0.429. The summed E-state index contributed by atoms with van der Waals surface area (Å²) in [4.78, 5) is 26.9. The minimum atomic E-state index is -3.24. The van der Waals surface area contributed by atoms with E-state index in [1.807, 2.05) is 0 Å². The molecule has 1 aliphatic heterocycles. The van der Waals surface area contributed by atoms with Crippen LogP contribution in [0.2, 0.25) is 0 Å². The number of hydrogen-bond donors (Lipinski definition) is 1. The van der Waals surface area contributed by atoms with E-state index < -0.39 is 9.84 Å². The predicted molar refractivity (Wildman–Crippen MR) is 82.4 cm³/mol. The van der Waals surface area contributed by atoms with Crippen LogP contribution in [0.1, 0.15) is 6.92 Å². The van der Waals surface area contributed by atoms with E-state index >= 15 is 0 Å². The van der Waals surface area contributed by atoms with Crippen LogP contribution in [-0.2, 0) is 14.6 Å². The minimum Gasteiger partial charge on any atom is -0.339 e. The Kier molecular flexibility index (Phi) is 4.70. The molecule has 1 saturated heterocycles. The van der Waals surface area contributed by atoms with Gasteiger partial charge in [-0.05, 0) is 24.3 Å². The number of anilines is 1. The molecule has 1 fully saturated rings. The molecule has 3 amide bonds. The Labute approximate surface area is 129 Å². The van der Waals surface area contributed by atoms with E-state index in [0.29, 0.717) is 31.9 Å². The van der Waals surface area contributed by atoms with Gasteiger partial charge < -0.3 is 15.1 Å². The van der Waals surface area contributed by atoms with Crippen molar-refractivity contribution >= 4 is 27.5 Å². The molecule has 120 valence electrons. The zero-order valence-corrected chi connectivity index (χ0v) is 13.4. The third-order valence-corrected chi connectivity index (χ3v) is 4.67. The van der Waals surface area contributed by atoms with Gasteiger partial charge >= 0.3 is 6.03 Å². The fourth-order valence-corrected chi connectivity index (χ4v) is 2.84. The molecule has 1 N–H and O–H groups in total. The number of urea groups is 1. The quantitative estimate of drug-likeness (QED) is 0.871. The minimum absolute atomic E-state index is 0.0106. The van der Waals surface area contributed by atoms with Crippen LogP contribution >= 0.6 is 0 Å². The van der Waals surface area contributed by atoms with Gasteiger partial charge in [0.15, 0.2) is 9.84 Å². The highest BCUT2D eigenvalue weighted by Gasteiger charge is 2.22. The molecular formula is C14H19N3O4S. The van der Waals surface area contributed by atoms with Crippen LogP contribution in [0.15, 0.2) is 29.2 Å². The largest absolute Gasteiger partial charge is 0.339 e. The summed E-state index contributed by atoms with van der Waals surface area (Å²) in [6, 6.07) is 5.77. The van der Waals surface area contributed by atoms with Crippen molar-refractivity contribution in [1.82, 2.24) is 9.80 Å². The van der Waals surface area contributed by atoms with Crippen LogP contribution in [0.3, 0.4) is 0 Å². The normalized spacial score (nSPS) is 15.5. The van der Waals surface area contributed by atoms with Crippen LogP contribution in [0.25, 0.3) is 0 Å². The van der Waals surface area contributed by atoms with Crippen molar-refractivity contribution < 1.29 is 18.0 Å². The summed E-state index contributed by atoms with van der Waals surface area (Å²) in [5.41, 5.74) is 0.534. The Morgan fingerprint density at radius 2 is 1.50 bits per heavy atom. The molecule has 1 heterocycles. The molecule has 1 aliphatic rings. The molecule has 0 unspecified atom stereocenters. The zero-order valence-electron chi connectivity index (χ0n) is 12.6. The van der Waals surface area contributed by atoms with E-state index in [4.69, 9.17) is 0 Å². The number of sulfone groups is 1. The standard InChI is InChI=1S/C14H19N3O4S/c1-11(18)16-7-9-17(10-8-16)14(19)15-12-3-5-13(6-4-12)22(2,20)21/h3-6H,7-10H2,1-2H3,(H,15,19). The molecule has 0 radical (unpaired) electrons. The van der Waals surface area contributed by atoms with Crippen molar-refractivity contribution in [1.29, 1.82) is 0 Å². The van der Waals surface area contributed by atoms with Gasteiger partial charge in [0, 0.05) is 45.0 Å². The molecule has 8 heteroatoms. The first-order valence-corrected chi connectivity index (χ1v) is 8.78. The fourth-order valence-electron chi connectivity index (χ4n) is 2.21. The molecule has 22 heavy (non-hydrogen) atoms. The van der Waals surface area contributed by atoms with Crippen LogP contribution in [0.5, 0.6) is 0 Å². The van der Waals surface area contributed by atoms with Gasteiger partial charge in [-0.1, -0.05) is 0 Å². The lowest BCUT2D eigenvalue weighted by atomic mass is 10.3. The summed E-state index contributed by atoms with van der Waals surface area (Å²) in [6.45, 7) is 3.52. The second-order valence-corrected chi connectivity index (χ2v) is 7.24. The third-order valence-electron chi connectivity index (χ3n) is 3.55. The van der Waals surface area contributed by atoms with Gasteiger partial charge in [0.1, 0.15) is 0 Å². The Bertz CT molecular complexity index is 662. The van der Waals surface area contributed by atoms with Crippen molar-refractivity contribution in [3.63, 3.8) is 0 Å². The number of benzene rings is 1. The molecule has 1 aromatic rings. The second kappa shape index (κ2) is 6.35. The Morgan fingerprint density at radius 3 is 1.95 bits per heavy atom. The van der Waals surface area contributed by atoms with E-state index in [9.17, 15) is 18.0 Å². The summed E-state index contributed by atoms with van der Waals surface area (Å²) in [5, 5.41) is 2.72. The van der Waals surface area contributed by atoms with Crippen LogP contribution in [-0.4, -0.2) is 62.6 Å². The highest BCUT2D eigenvalue weighted by molar-refractivity contribution is 7.90. The molecule has 0 aliphatic carbocycles. The first kappa shape index (κ1) is 16.3. The monoisotopic (exact) mass is 325 g/mol. The third kappa shape index (κ3) is 3.97. The van der Waals surface area contributed by atoms with E-state index in [2.05, 4.69) is 5.32 Å². The van der Waals surface area contributed by atoms with Crippen LogP contribution < -0.4 is 5.32 Å².